The zero-order valence-corrected chi connectivity index (χ0v) is 13.9. The van der Waals surface area contributed by atoms with E-state index in [9.17, 15) is 0 Å². The van der Waals surface area contributed by atoms with Crippen LogP contribution in [0.2, 0.25) is 0 Å². The molecule has 0 radical (unpaired) electrons. The van der Waals surface area contributed by atoms with Crippen LogP contribution in [0.15, 0.2) is 0 Å². The van der Waals surface area contributed by atoms with Crippen molar-refractivity contribution >= 4 is 0 Å². The fourth-order valence-electron chi connectivity index (χ4n) is 2.02. The maximum absolute atomic E-state index is 3.29. The predicted octanol–water partition coefficient (Wildman–Crippen LogP) is 6.49. The molecule has 0 aliphatic carbocycles. The van der Waals surface area contributed by atoms with E-state index < -0.39 is 0 Å². The average molecular weight is 274 g/mol. The number of unbranched alkanes of at least 4 members (excludes halogenated alkanes) is 11. The Balaban J connectivity index is 3.12. The summed E-state index contributed by atoms with van der Waals surface area (Å²) in [4.78, 5) is 0. The Kier molecular flexibility index (Phi) is 17.3. The van der Waals surface area contributed by atoms with Crippen molar-refractivity contribution in [1.82, 2.24) is 0 Å². The summed E-state index contributed by atoms with van der Waals surface area (Å²) in [6.07, 6.45) is 17.5. The molecule has 0 aliphatic heterocycles. The highest BCUT2D eigenvalue weighted by Crippen LogP contribution is 2.08. The lowest BCUT2D eigenvalue weighted by Gasteiger charge is -1.98. The molecule has 0 unspecified atom stereocenters. The molecular formula is C20H34. The Hall–Kier alpha value is -0.880. The quantitative estimate of drug-likeness (QED) is 0.298. The molecule has 0 saturated carbocycles. The molecule has 0 aliphatic rings. The van der Waals surface area contributed by atoms with Crippen molar-refractivity contribution in [3.63, 3.8) is 0 Å². The van der Waals surface area contributed by atoms with Crippen LogP contribution in [-0.2, 0) is 0 Å². The van der Waals surface area contributed by atoms with Crippen molar-refractivity contribution in [3.8, 4) is 23.7 Å². The van der Waals surface area contributed by atoms with Crippen LogP contribution in [0.5, 0.6) is 0 Å². The van der Waals surface area contributed by atoms with Gasteiger partial charge in [0.15, 0.2) is 0 Å². The molecule has 0 fully saturated rings. The van der Waals surface area contributed by atoms with Gasteiger partial charge in [0.2, 0.25) is 0 Å². The standard InChI is InChI=1S/C20H34/c1-3-5-7-9-11-13-15-17-19-20-18-16-14-12-10-8-6-4-2/h3-8,13-20H2,1-2H3. The maximum atomic E-state index is 3.29. The second kappa shape index (κ2) is 18.1. The van der Waals surface area contributed by atoms with Gasteiger partial charge in [-0.2, -0.15) is 0 Å². The molecule has 0 heteroatoms. The van der Waals surface area contributed by atoms with Gasteiger partial charge in [-0.15, -0.1) is 23.7 Å². The van der Waals surface area contributed by atoms with Gasteiger partial charge in [-0.05, 0) is 25.7 Å². The second-order valence-corrected chi connectivity index (χ2v) is 5.54. The van der Waals surface area contributed by atoms with Gasteiger partial charge in [-0.3, -0.25) is 0 Å². The third kappa shape index (κ3) is 17.1. The maximum Gasteiger partial charge on any atom is 0.00886 e. The molecule has 0 heterocycles. The molecule has 0 bridgehead atoms. The van der Waals surface area contributed by atoms with Gasteiger partial charge in [0, 0.05) is 25.7 Å². The first-order chi connectivity index (χ1) is 9.91. The van der Waals surface area contributed by atoms with E-state index >= 15 is 0 Å². The van der Waals surface area contributed by atoms with E-state index in [0.29, 0.717) is 0 Å². The minimum Gasteiger partial charge on any atom is -0.103 e. The smallest absolute Gasteiger partial charge is 0.00886 e. The third-order valence-electron chi connectivity index (χ3n) is 3.41. The Bertz CT molecular complexity index is 259. The fourth-order valence-corrected chi connectivity index (χ4v) is 2.02. The molecular weight excluding hydrogens is 240 g/mol. The van der Waals surface area contributed by atoms with Crippen molar-refractivity contribution in [2.24, 2.45) is 0 Å². The summed E-state index contributed by atoms with van der Waals surface area (Å²) in [5.74, 6) is 13.1. The van der Waals surface area contributed by atoms with E-state index in [2.05, 4.69) is 37.5 Å². The molecule has 0 N–H and O–H groups in total. The summed E-state index contributed by atoms with van der Waals surface area (Å²) in [5, 5.41) is 0. The molecule has 0 spiro atoms. The van der Waals surface area contributed by atoms with E-state index in [1.165, 1.54) is 64.2 Å². The Morgan fingerprint density at radius 2 is 0.700 bits per heavy atom. The van der Waals surface area contributed by atoms with Crippen molar-refractivity contribution in [3.05, 3.63) is 0 Å². The highest BCUT2D eigenvalue weighted by Gasteiger charge is 1.90. The SMILES string of the molecule is CCCCC#CCCCCCCCCC#CCCCC. The molecule has 0 aromatic heterocycles. The molecule has 0 aromatic rings. The van der Waals surface area contributed by atoms with E-state index in [4.69, 9.17) is 0 Å². The molecule has 0 aromatic carbocycles. The normalized spacial score (nSPS) is 9.50. The molecule has 0 nitrogen and oxygen atoms in total. The van der Waals surface area contributed by atoms with E-state index in [0.717, 1.165) is 25.7 Å². The van der Waals surface area contributed by atoms with Crippen molar-refractivity contribution in [2.75, 3.05) is 0 Å². The van der Waals surface area contributed by atoms with Crippen LogP contribution in [0.3, 0.4) is 0 Å². The van der Waals surface area contributed by atoms with Gasteiger partial charge < -0.3 is 0 Å². The molecule has 114 valence electrons. The second-order valence-electron chi connectivity index (χ2n) is 5.54. The molecule has 0 amide bonds. The zero-order valence-electron chi connectivity index (χ0n) is 13.9. The van der Waals surface area contributed by atoms with Gasteiger partial charge in [0.05, 0.1) is 0 Å². The first kappa shape index (κ1) is 19.1. The van der Waals surface area contributed by atoms with Crippen LogP contribution in [-0.4, -0.2) is 0 Å². The first-order valence-corrected chi connectivity index (χ1v) is 8.83. The highest BCUT2D eigenvalue weighted by molar-refractivity contribution is 4.98. The monoisotopic (exact) mass is 274 g/mol. The zero-order chi connectivity index (χ0) is 14.7. The topological polar surface area (TPSA) is 0 Å². The fraction of sp³-hybridized carbons (Fsp3) is 0.800. The first-order valence-electron chi connectivity index (χ1n) is 8.83. The largest absolute Gasteiger partial charge is 0.103 e. The summed E-state index contributed by atoms with van der Waals surface area (Å²) >= 11 is 0. The minimum atomic E-state index is 1.09. The van der Waals surface area contributed by atoms with Crippen molar-refractivity contribution in [2.45, 2.75) is 104 Å². The van der Waals surface area contributed by atoms with Crippen LogP contribution < -0.4 is 0 Å². The Morgan fingerprint density at radius 1 is 0.400 bits per heavy atom. The summed E-state index contributed by atoms with van der Waals surface area (Å²) in [5.41, 5.74) is 0. The van der Waals surface area contributed by atoms with Gasteiger partial charge in [-0.25, -0.2) is 0 Å². The van der Waals surface area contributed by atoms with E-state index in [1.54, 1.807) is 0 Å². The van der Waals surface area contributed by atoms with Crippen LogP contribution >= 0.6 is 0 Å². The van der Waals surface area contributed by atoms with Crippen molar-refractivity contribution in [1.29, 1.82) is 0 Å². The number of hydrogen-bond acceptors (Lipinski definition) is 0. The van der Waals surface area contributed by atoms with Gasteiger partial charge >= 0.3 is 0 Å². The lowest BCUT2D eigenvalue weighted by atomic mass is 10.1. The van der Waals surface area contributed by atoms with Gasteiger partial charge in [-0.1, -0.05) is 52.4 Å². The summed E-state index contributed by atoms with van der Waals surface area (Å²) in [7, 11) is 0. The highest BCUT2D eigenvalue weighted by atomic mass is 14.0. The van der Waals surface area contributed by atoms with Crippen molar-refractivity contribution < 1.29 is 0 Å². The van der Waals surface area contributed by atoms with Crippen LogP contribution in [0, 0.1) is 23.7 Å². The Morgan fingerprint density at radius 3 is 1.05 bits per heavy atom. The number of rotatable bonds is 11. The molecule has 0 rings (SSSR count). The van der Waals surface area contributed by atoms with Gasteiger partial charge in [0.25, 0.3) is 0 Å². The molecule has 0 atom stereocenters. The van der Waals surface area contributed by atoms with E-state index in [1.807, 2.05) is 0 Å². The molecule has 0 saturated heterocycles. The molecule has 20 heavy (non-hydrogen) atoms. The lowest BCUT2D eigenvalue weighted by molar-refractivity contribution is 0.604. The van der Waals surface area contributed by atoms with Gasteiger partial charge in [0.1, 0.15) is 0 Å². The lowest BCUT2D eigenvalue weighted by Crippen LogP contribution is -1.80. The summed E-state index contributed by atoms with van der Waals surface area (Å²) < 4.78 is 0. The summed E-state index contributed by atoms with van der Waals surface area (Å²) in [6, 6.07) is 0. The van der Waals surface area contributed by atoms with Crippen LogP contribution in [0.4, 0.5) is 0 Å². The van der Waals surface area contributed by atoms with Crippen LogP contribution in [0.1, 0.15) is 104 Å². The average Bonchev–Trinajstić information content (AvgIpc) is 2.47. The minimum absolute atomic E-state index is 1.09. The number of hydrogen-bond donors (Lipinski definition) is 0. The third-order valence-corrected chi connectivity index (χ3v) is 3.41. The predicted molar refractivity (Wildman–Crippen MR) is 91.5 cm³/mol. The van der Waals surface area contributed by atoms with E-state index in [-0.39, 0.29) is 0 Å². The summed E-state index contributed by atoms with van der Waals surface area (Å²) in [6.45, 7) is 4.44. The Labute approximate surface area is 128 Å². The van der Waals surface area contributed by atoms with Crippen LogP contribution in [0.25, 0.3) is 0 Å².